The van der Waals surface area contributed by atoms with Gasteiger partial charge in [0.1, 0.15) is 0 Å². The summed E-state index contributed by atoms with van der Waals surface area (Å²) < 4.78 is 0. The summed E-state index contributed by atoms with van der Waals surface area (Å²) in [5, 5.41) is 15.3. The molecule has 3 N–H and O–H groups in total. The molecule has 6 nitrogen and oxygen atoms in total. The third-order valence-electron chi connectivity index (χ3n) is 4.54. The smallest absolute Gasteiger partial charge is 0.337 e. The standard InChI is InChI=1S/C23H19ClN2O4/c1-14-17(22(28)26-20-7-3-2-5-18(20)23(29)30)6-4-8-19(14)25-21(27)13-15-9-11-16(24)12-10-15/h2-12H,13H2,1H3,(H,25,27)(H,26,28)(H,29,30). The van der Waals surface area contributed by atoms with Gasteiger partial charge in [0.25, 0.3) is 5.91 Å². The van der Waals surface area contributed by atoms with Gasteiger partial charge in [0.2, 0.25) is 5.91 Å². The molecule has 0 aliphatic heterocycles. The lowest BCUT2D eigenvalue weighted by atomic mass is 10.0. The molecule has 0 aromatic heterocycles. The largest absolute Gasteiger partial charge is 0.478 e. The Bertz CT molecular complexity index is 1110. The first-order valence-corrected chi connectivity index (χ1v) is 9.50. The van der Waals surface area contributed by atoms with Crippen molar-refractivity contribution in [2.45, 2.75) is 13.3 Å². The molecule has 3 aromatic rings. The van der Waals surface area contributed by atoms with Crippen LogP contribution < -0.4 is 10.6 Å². The lowest BCUT2D eigenvalue weighted by Crippen LogP contribution is -2.19. The summed E-state index contributed by atoms with van der Waals surface area (Å²) in [6.45, 7) is 1.72. The average molecular weight is 423 g/mol. The van der Waals surface area contributed by atoms with E-state index in [4.69, 9.17) is 11.6 Å². The Kier molecular flexibility index (Phi) is 6.49. The van der Waals surface area contributed by atoms with Gasteiger partial charge >= 0.3 is 5.97 Å². The van der Waals surface area contributed by atoms with Gasteiger partial charge in [-0.2, -0.15) is 0 Å². The Balaban J connectivity index is 1.76. The molecule has 0 aliphatic carbocycles. The summed E-state index contributed by atoms with van der Waals surface area (Å²) in [5.74, 6) is -1.82. The molecule has 3 aromatic carbocycles. The number of hydrogen-bond acceptors (Lipinski definition) is 3. The molecule has 0 aliphatic rings. The number of anilines is 2. The number of benzene rings is 3. The minimum atomic E-state index is -1.13. The molecular weight excluding hydrogens is 404 g/mol. The molecule has 152 valence electrons. The predicted molar refractivity (Wildman–Crippen MR) is 116 cm³/mol. The number of carboxylic acids is 1. The Labute approximate surface area is 178 Å². The topological polar surface area (TPSA) is 95.5 Å². The molecule has 0 atom stereocenters. The quantitative estimate of drug-likeness (QED) is 0.532. The van der Waals surface area contributed by atoms with Crippen LogP contribution in [-0.2, 0) is 11.2 Å². The molecule has 0 unspecified atom stereocenters. The zero-order valence-corrected chi connectivity index (χ0v) is 16.9. The number of carbonyl (C=O) groups is 3. The van der Waals surface area contributed by atoms with E-state index in [9.17, 15) is 19.5 Å². The second-order valence-electron chi connectivity index (χ2n) is 6.63. The summed E-state index contributed by atoms with van der Waals surface area (Å²) >= 11 is 5.86. The lowest BCUT2D eigenvalue weighted by Gasteiger charge is -2.14. The second kappa shape index (κ2) is 9.24. The van der Waals surface area contributed by atoms with Crippen LogP contribution in [0.25, 0.3) is 0 Å². The highest BCUT2D eigenvalue weighted by Crippen LogP contribution is 2.22. The molecule has 0 saturated heterocycles. The molecule has 3 rings (SSSR count). The van der Waals surface area contributed by atoms with E-state index in [0.29, 0.717) is 21.8 Å². The molecular formula is C23H19ClN2O4. The Morgan fingerprint density at radius 1 is 0.833 bits per heavy atom. The van der Waals surface area contributed by atoms with Gasteiger partial charge in [-0.3, -0.25) is 9.59 Å². The van der Waals surface area contributed by atoms with Gasteiger partial charge < -0.3 is 15.7 Å². The maximum absolute atomic E-state index is 12.7. The Morgan fingerprint density at radius 3 is 2.17 bits per heavy atom. The monoisotopic (exact) mass is 422 g/mol. The summed E-state index contributed by atoms with van der Waals surface area (Å²) in [7, 11) is 0. The van der Waals surface area contributed by atoms with E-state index in [1.165, 1.54) is 12.1 Å². The van der Waals surface area contributed by atoms with Crippen LogP contribution in [0, 0.1) is 6.92 Å². The van der Waals surface area contributed by atoms with Gasteiger partial charge in [0.15, 0.2) is 0 Å². The van der Waals surface area contributed by atoms with Gasteiger partial charge in [-0.05, 0) is 54.4 Å². The van der Waals surface area contributed by atoms with Gasteiger partial charge in [-0.1, -0.05) is 41.9 Å². The number of carboxylic acid groups (broad SMARTS) is 1. The fourth-order valence-corrected chi connectivity index (χ4v) is 3.09. The molecule has 0 fully saturated rings. The van der Waals surface area contributed by atoms with Crippen LogP contribution in [0.1, 0.15) is 31.8 Å². The van der Waals surface area contributed by atoms with Crippen molar-refractivity contribution >= 4 is 40.8 Å². The molecule has 0 saturated carbocycles. The normalized spacial score (nSPS) is 10.3. The number of amides is 2. The van der Waals surface area contributed by atoms with Crippen LogP contribution in [0.15, 0.2) is 66.7 Å². The van der Waals surface area contributed by atoms with Crippen molar-refractivity contribution in [3.8, 4) is 0 Å². The first-order chi connectivity index (χ1) is 14.3. The minimum Gasteiger partial charge on any atom is -0.478 e. The molecule has 0 radical (unpaired) electrons. The number of carbonyl (C=O) groups excluding carboxylic acids is 2. The SMILES string of the molecule is Cc1c(NC(=O)Cc2ccc(Cl)cc2)cccc1C(=O)Nc1ccccc1C(=O)O. The van der Waals surface area contributed by atoms with E-state index in [-0.39, 0.29) is 23.6 Å². The first kappa shape index (κ1) is 21.1. The maximum atomic E-state index is 12.7. The first-order valence-electron chi connectivity index (χ1n) is 9.12. The van der Waals surface area contributed by atoms with Gasteiger partial charge in [-0.25, -0.2) is 4.79 Å². The maximum Gasteiger partial charge on any atom is 0.337 e. The third-order valence-corrected chi connectivity index (χ3v) is 4.79. The van der Waals surface area contributed by atoms with E-state index >= 15 is 0 Å². The average Bonchev–Trinajstić information content (AvgIpc) is 2.71. The van der Waals surface area contributed by atoms with E-state index in [2.05, 4.69) is 10.6 Å². The zero-order chi connectivity index (χ0) is 21.7. The number of halogens is 1. The van der Waals surface area contributed by atoms with Gasteiger partial charge in [0.05, 0.1) is 17.7 Å². The number of para-hydroxylation sites is 1. The van der Waals surface area contributed by atoms with Crippen molar-refractivity contribution in [2.24, 2.45) is 0 Å². The number of nitrogens with one attached hydrogen (secondary N) is 2. The predicted octanol–water partition coefficient (Wildman–Crippen LogP) is 4.78. The molecule has 0 heterocycles. The summed E-state index contributed by atoms with van der Waals surface area (Å²) in [6.07, 6.45) is 0.166. The Morgan fingerprint density at radius 2 is 1.47 bits per heavy atom. The highest BCUT2D eigenvalue weighted by molar-refractivity contribution is 6.30. The zero-order valence-electron chi connectivity index (χ0n) is 16.1. The minimum absolute atomic E-state index is 0.00377. The highest BCUT2D eigenvalue weighted by Gasteiger charge is 2.16. The van der Waals surface area contributed by atoms with Crippen molar-refractivity contribution in [3.05, 3.63) is 94.0 Å². The van der Waals surface area contributed by atoms with Crippen LogP contribution in [0.2, 0.25) is 5.02 Å². The summed E-state index contributed by atoms with van der Waals surface area (Å²) in [4.78, 5) is 36.5. The van der Waals surface area contributed by atoms with Gasteiger partial charge in [-0.15, -0.1) is 0 Å². The molecule has 0 spiro atoms. The van der Waals surface area contributed by atoms with Crippen LogP contribution in [0.4, 0.5) is 11.4 Å². The lowest BCUT2D eigenvalue weighted by molar-refractivity contribution is -0.115. The number of hydrogen-bond donors (Lipinski definition) is 3. The number of rotatable bonds is 6. The van der Waals surface area contributed by atoms with Crippen LogP contribution >= 0.6 is 11.6 Å². The van der Waals surface area contributed by atoms with E-state index in [1.807, 2.05) is 0 Å². The molecule has 7 heteroatoms. The Hall–Kier alpha value is -3.64. The van der Waals surface area contributed by atoms with Crippen LogP contribution in [-0.4, -0.2) is 22.9 Å². The third kappa shape index (κ3) is 5.04. The summed E-state index contributed by atoms with van der Waals surface area (Å²) in [5.41, 5.74) is 2.43. The van der Waals surface area contributed by atoms with Crippen molar-refractivity contribution in [1.82, 2.24) is 0 Å². The second-order valence-corrected chi connectivity index (χ2v) is 7.07. The molecule has 0 bridgehead atoms. The molecule has 2 amide bonds. The van der Waals surface area contributed by atoms with Crippen molar-refractivity contribution in [1.29, 1.82) is 0 Å². The van der Waals surface area contributed by atoms with E-state index < -0.39 is 11.9 Å². The van der Waals surface area contributed by atoms with Crippen molar-refractivity contribution in [3.63, 3.8) is 0 Å². The highest BCUT2D eigenvalue weighted by atomic mass is 35.5. The van der Waals surface area contributed by atoms with Crippen LogP contribution in [0.3, 0.4) is 0 Å². The molecule has 30 heavy (non-hydrogen) atoms. The number of aromatic carboxylic acids is 1. The summed E-state index contributed by atoms with van der Waals surface area (Å²) in [6, 6.07) is 18.1. The van der Waals surface area contributed by atoms with Crippen molar-refractivity contribution in [2.75, 3.05) is 10.6 Å². The van der Waals surface area contributed by atoms with Gasteiger partial charge in [0, 0.05) is 16.3 Å². The fraction of sp³-hybridized carbons (Fsp3) is 0.0870. The fourth-order valence-electron chi connectivity index (χ4n) is 2.97. The van der Waals surface area contributed by atoms with Crippen LogP contribution in [0.5, 0.6) is 0 Å². The van der Waals surface area contributed by atoms with Crippen molar-refractivity contribution < 1.29 is 19.5 Å². The van der Waals surface area contributed by atoms with E-state index in [1.54, 1.807) is 61.5 Å². The van der Waals surface area contributed by atoms with E-state index in [0.717, 1.165) is 5.56 Å².